The molecular formula is C19H29NO5. The van der Waals surface area contributed by atoms with Crippen molar-refractivity contribution in [1.29, 1.82) is 0 Å². The van der Waals surface area contributed by atoms with Crippen molar-refractivity contribution in [3.63, 3.8) is 0 Å². The Morgan fingerprint density at radius 2 is 1.64 bits per heavy atom. The summed E-state index contributed by atoms with van der Waals surface area (Å²) in [5.41, 5.74) is 0.916. The zero-order valence-electron chi connectivity index (χ0n) is 15.8. The van der Waals surface area contributed by atoms with E-state index >= 15 is 0 Å². The Labute approximate surface area is 150 Å². The highest BCUT2D eigenvalue weighted by Crippen LogP contribution is 2.24. The summed E-state index contributed by atoms with van der Waals surface area (Å²) in [7, 11) is 4.80. The molecule has 0 saturated heterocycles. The summed E-state index contributed by atoms with van der Waals surface area (Å²) in [6.07, 6.45) is 1.33. The molecule has 0 aliphatic heterocycles. The van der Waals surface area contributed by atoms with E-state index in [2.05, 4.69) is 0 Å². The third kappa shape index (κ3) is 7.13. The fourth-order valence-corrected chi connectivity index (χ4v) is 2.61. The Bertz CT molecular complexity index is 551. The Morgan fingerprint density at radius 1 is 1.04 bits per heavy atom. The van der Waals surface area contributed by atoms with Gasteiger partial charge in [-0.2, -0.15) is 0 Å². The van der Waals surface area contributed by atoms with Gasteiger partial charge in [0.15, 0.2) is 0 Å². The smallest absolute Gasteiger partial charge is 0.223 e. The molecule has 0 bridgehead atoms. The van der Waals surface area contributed by atoms with E-state index in [0.29, 0.717) is 43.9 Å². The third-order valence-electron chi connectivity index (χ3n) is 3.94. The summed E-state index contributed by atoms with van der Waals surface area (Å²) in [6.45, 7) is 4.36. The van der Waals surface area contributed by atoms with Crippen LogP contribution in [0.15, 0.2) is 18.2 Å². The number of nitrogens with zero attached hydrogens (tertiary/aromatic N) is 1. The maximum atomic E-state index is 12.7. The molecule has 1 atom stereocenters. The fraction of sp³-hybridized carbons (Fsp3) is 0.579. The van der Waals surface area contributed by atoms with Gasteiger partial charge in [0.2, 0.25) is 5.91 Å². The molecule has 25 heavy (non-hydrogen) atoms. The molecule has 0 saturated carbocycles. The molecule has 0 aromatic heterocycles. The standard InChI is InChI=1S/C19H29NO5/c1-14(13-23-3)20(19(22)8-6-7-15(2)21)12-16-9-17(24-4)11-18(10-16)25-5/h9-11,14H,6-8,12-13H2,1-5H3/t14-/m1/s1. The van der Waals surface area contributed by atoms with Gasteiger partial charge in [0.05, 0.1) is 26.9 Å². The third-order valence-corrected chi connectivity index (χ3v) is 3.94. The highest BCUT2D eigenvalue weighted by atomic mass is 16.5. The molecule has 0 radical (unpaired) electrons. The summed E-state index contributed by atoms with van der Waals surface area (Å²) < 4.78 is 15.8. The molecule has 6 heteroatoms. The van der Waals surface area contributed by atoms with Crippen LogP contribution in [0.25, 0.3) is 0 Å². The zero-order chi connectivity index (χ0) is 18.8. The molecule has 1 amide bonds. The van der Waals surface area contributed by atoms with Gasteiger partial charge in [-0.25, -0.2) is 0 Å². The van der Waals surface area contributed by atoms with E-state index in [1.165, 1.54) is 6.92 Å². The molecule has 1 rings (SSSR count). The molecule has 0 aliphatic carbocycles. The average Bonchev–Trinajstić information content (AvgIpc) is 2.58. The number of hydrogen-bond donors (Lipinski definition) is 0. The van der Waals surface area contributed by atoms with Crippen LogP contribution in [-0.4, -0.2) is 50.6 Å². The molecule has 6 nitrogen and oxygen atoms in total. The molecule has 0 N–H and O–H groups in total. The van der Waals surface area contributed by atoms with Gasteiger partial charge < -0.3 is 23.9 Å². The summed E-state index contributed by atoms with van der Waals surface area (Å²) in [4.78, 5) is 25.5. The lowest BCUT2D eigenvalue weighted by Gasteiger charge is -2.29. The fourth-order valence-electron chi connectivity index (χ4n) is 2.61. The van der Waals surface area contributed by atoms with Crippen molar-refractivity contribution in [2.24, 2.45) is 0 Å². The summed E-state index contributed by atoms with van der Waals surface area (Å²) in [6, 6.07) is 5.49. The molecule has 1 aromatic rings. The molecule has 0 heterocycles. The average molecular weight is 351 g/mol. The van der Waals surface area contributed by atoms with E-state index in [0.717, 1.165) is 5.56 Å². The van der Waals surface area contributed by atoms with Gasteiger partial charge in [-0.15, -0.1) is 0 Å². The molecule has 0 spiro atoms. The monoisotopic (exact) mass is 351 g/mol. The SMILES string of the molecule is COC[C@@H](C)N(Cc1cc(OC)cc(OC)c1)C(=O)CCCC(C)=O. The number of hydrogen-bond acceptors (Lipinski definition) is 5. The number of Topliss-reactive ketones (excluding diaryl/α,β-unsaturated/α-hetero) is 1. The lowest BCUT2D eigenvalue weighted by atomic mass is 10.1. The highest BCUT2D eigenvalue weighted by Gasteiger charge is 2.21. The van der Waals surface area contributed by atoms with Crippen LogP contribution < -0.4 is 9.47 Å². The maximum absolute atomic E-state index is 12.7. The largest absolute Gasteiger partial charge is 0.497 e. The first kappa shape index (κ1) is 21.0. The topological polar surface area (TPSA) is 65.1 Å². The van der Waals surface area contributed by atoms with Crippen LogP contribution in [0.2, 0.25) is 0 Å². The lowest BCUT2D eigenvalue weighted by molar-refractivity contribution is -0.135. The normalized spacial score (nSPS) is 11.7. The van der Waals surface area contributed by atoms with Crippen molar-refractivity contribution < 1.29 is 23.8 Å². The van der Waals surface area contributed by atoms with E-state index in [-0.39, 0.29) is 17.7 Å². The van der Waals surface area contributed by atoms with Gasteiger partial charge in [-0.1, -0.05) is 0 Å². The second-order valence-corrected chi connectivity index (χ2v) is 6.10. The van der Waals surface area contributed by atoms with Crippen molar-refractivity contribution >= 4 is 11.7 Å². The predicted molar refractivity (Wildman–Crippen MR) is 96.0 cm³/mol. The highest BCUT2D eigenvalue weighted by molar-refractivity contribution is 5.79. The van der Waals surface area contributed by atoms with Gasteiger partial charge in [0.25, 0.3) is 0 Å². The number of carbonyl (C=O) groups is 2. The number of rotatable bonds is 11. The minimum absolute atomic E-state index is 0.00702. The van der Waals surface area contributed by atoms with Gasteiger partial charge in [-0.3, -0.25) is 4.79 Å². The van der Waals surface area contributed by atoms with Gasteiger partial charge in [0, 0.05) is 32.6 Å². The van der Waals surface area contributed by atoms with Gasteiger partial charge in [0.1, 0.15) is 17.3 Å². The van der Waals surface area contributed by atoms with Crippen LogP contribution in [0, 0.1) is 0 Å². The number of carbonyl (C=O) groups excluding carboxylic acids is 2. The van der Waals surface area contributed by atoms with Crippen molar-refractivity contribution in [3.8, 4) is 11.5 Å². The van der Waals surface area contributed by atoms with Crippen LogP contribution in [0.4, 0.5) is 0 Å². The van der Waals surface area contributed by atoms with Crippen LogP contribution in [0.1, 0.15) is 38.7 Å². The van der Waals surface area contributed by atoms with E-state index in [1.807, 2.05) is 19.1 Å². The Balaban J connectivity index is 2.92. The number of ether oxygens (including phenoxy) is 3. The first-order valence-electron chi connectivity index (χ1n) is 8.41. The molecule has 140 valence electrons. The van der Waals surface area contributed by atoms with Crippen molar-refractivity contribution in [2.45, 2.75) is 45.7 Å². The van der Waals surface area contributed by atoms with Crippen LogP contribution >= 0.6 is 0 Å². The van der Waals surface area contributed by atoms with Crippen LogP contribution in [0.5, 0.6) is 11.5 Å². The van der Waals surface area contributed by atoms with Crippen molar-refractivity contribution in [2.75, 3.05) is 27.9 Å². The Hall–Kier alpha value is -2.08. The number of methoxy groups -OCH3 is 3. The summed E-state index contributed by atoms with van der Waals surface area (Å²) >= 11 is 0. The molecular weight excluding hydrogens is 322 g/mol. The van der Waals surface area contributed by atoms with Gasteiger partial charge in [-0.05, 0) is 38.0 Å². The number of amides is 1. The second-order valence-electron chi connectivity index (χ2n) is 6.10. The second kappa shape index (κ2) is 10.7. The van der Waals surface area contributed by atoms with E-state index in [4.69, 9.17) is 14.2 Å². The van der Waals surface area contributed by atoms with E-state index in [9.17, 15) is 9.59 Å². The number of benzene rings is 1. The molecule has 0 fully saturated rings. The Kier molecular flexibility index (Phi) is 8.99. The summed E-state index contributed by atoms with van der Waals surface area (Å²) in [5, 5.41) is 0. The van der Waals surface area contributed by atoms with Crippen LogP contribution in [0.3, 0.4) is 0 Å². The van der Waals surface area contributed by atoms with Crippen molar-refractivity contribution in [3.05, 3.63) is 23.8 Å². The van der Waals surface area contributed by atoms with E-state index in [1.54, 1.807) is 32.3 Å². The first-order chi connectivity index (χ1) is 11.9. The Morgan fingerprint density at radius 3 is 2.12 bits per heavy atom. The predicted octanol–water partition coefficient (Wildman–Crippen LogP) is 2.83. The molecule has 1 aromatic carbocycles. The lowest BCUT2D eigenvalue weighted by Crippen LogP contribution is -2.40. The zero-order valence-corrected chi connectivity index (χ0v) is 15.8. The minimum Gasteiger partial charge on any atom is -0.497 e. The summed E-state index contributed by atoms with van der Waals surface area (Å²) in [5.74, 6) is 1.46. The number of ketones is 1. The quantitative estimate of drug-likeness (QED) is 0.613. The van der Waals surface area contributed by atoms with Crippen LogP contribution in [-0.2, 0) is 20.9 Å². The molecule has 0 aliphatic rings. The van der Waals surface area contributed by atoms with Gasteiger partial charge >= 0.3 is 0 Å². The molecule has 0 unspecified atom stereocenters. The van der Waals surface area contributed by atoms with Crippen molar-refractivity contribution in [1.82, 2.24) is 4.90 Å². The maximum Gasteiger partial charge on any atom is 0.223 e. The first-order valence-corrected chi connectivity index (χ1v) is 8.41. The minimum atomic E-state index is -0.0768. The van der Waals surface area contributed by atoms with E-state index < -0.39 is 0 Å².